The Bertz CT molecular complexity index is 213. The highest BCUT2D eigenvalue weighted by Gasteiger charge is 2.24. The van der Waals surface area contributed by atoms with Crippen molar-refractivity contribution in [2.24, 2.45) is 5.73 Å². The lowest BCUT2D eigenvalue weighted by molar-refractivity contribution is -0.133. The number of carbonyl (C=O) groups excluding carboxylic acids is 1. The van der Waals surface area contributed by atoms with Crippen LogP contribution >= 0.6 is 0 Å². The zero-order valence-electron chi connectivity index (χ0n) is 10.4. The highest BCUT2D eigenvalue weighted by atomic mass is 16.5. The average molecular weight is 228 g/mol. The van der Waals surface area contributed by atoms with Gasteiger partial charge < -0.3 is 15.4 Å². The quantitative estimate of drug-likeness (QED) is 0.718. The van der Waals surface area contributed by atoms with Crippen LogP contribution in [0.15, 0.2) is 0 Å². The zero-order valence-corrected chi connectivity index (χ0v) is 10.4. The molecule has 2 N–H and O–H groups in total. The topological polar surface area (TPSA) is 55.6 Å². The first-order chi connectivity index (χ1) is 7.65. The number of nitrogens with zero attached hydrogens (tertiary/aromatic N) is 1. The third kappa shape index (κ3) is 4.10. The molecule has 16 heavy (non-hydrogen) atoms. The molecule has 0 radical (unpaired) electrons. The Morgan fingerprint density at radius 1 is 1.38 bits per heavy atom. The molecule has 0 aliphatic heterocycles. The van der Waals surface area contributed by atoms with Gasteiger partial charge in [0.2, 0.25) is 5.91 Å². The molecule has 1 rings (SSSR count). The van der Waals surface area contributed by atoms with Gasteiger partial charge in [0.15, 0.2) is 0 Å². The third-order valence-electron chi connectivity index (χ3n) is 3.35. The maximum Gasteiger partial charge on any atom is 0.224 e. The molecule has 0 aromatic carbocycles. The molecule has 1 aliphatic carbocycles. The van der Waals surface area contributed by atoms with Gasteiger partial charge in [0, 0.05) is 25.7 Å². The predicted octanol–water partition coefficient (Wildman–Crippen LogP) is 1.14. The van der Waals surface area contributed by atoms with Crippen molar-refractivity contribution in [3.63, 3.8) is 0 Å². The molecule has 1 aliphatic rings. The van der Waals surface area contributed by atoms with Crippen LogP contribution in [0.1, 0.15) is 39.0 Å². The number of hydrogen-bond acceptors (Lipinski definition) is 3. The molecule has 1 fully saturated rings. The average Bonchev–Trinajstić information content (AvgIpc) is 2.29. The lowest BCUT2D eigenvalue weighted by Crippen LogP contribution is -2.42. The summed E-state index contributed by atoms with van der Waals surface area (Å²) >= 11 is 0. The van der Waals surface area contributed by atoms with E-state index in [0.717, 1.165) is 25.7 Å². The van der Waals surface area contributed by atoms with Crippen molar-refractivity contribution in [2.75, 3.05) is 20.3 Å². The third-order valence-corrected chi connectivity index (χ3v) is 3.35. The standard InChI is InChI=1S/C12H24N2O2/c1-3-16-9-8-12(15)14(2)11-6-4-10(13)5-7-11/h10-11H,3-9,13H2,1-2H3. The number of rotatable bonds is 5. The van der Waals surface area contributed by atoms with Crippen molar-refractivity contribution >= 4 is 5.91 Å². The molecule has 1 saturated carbocycles. The van der Waals surface area contributed by atoms with Gasteiger partial charge in [-0.3, -0.25) is 4.79 Å². The van der Waals surface area contributed by atoms with Crippen LogP contribution < -0.4 is 5.73 Å². The molecular weight excluding hydrogens is 204 g/mol. The fraction of sp³-hybridized carbons (Fsp3) is 0.917. The monoisotopic (exact) mass is 228 g/mol. The first-order valence-electron chi connectivity index (χ1n) is 6.24. The summed E-state index contributed by atoms with van der Waals surface area (Å²) in [4.78, 5) is 13.7. The van der Waals surface area contributed by atoms with Crippen LogP contribution in [0.4, 0.5) is 0 Å². The molecule has 1 amide bonds. The second-order valence-corrected chi connectivity index (χ2v) is 4.52. The van der Waals surface area contributed by atoms with Gasteiger partial charge in [-0.05, 0) is 32.6 Å². The van der Waals surface area contributed by atoms with Gasteiger partial charge >= 0.3 is 0 Å². The summed E-state index contributed by atoms with van der Waals surface area (Å²) in [6.45, 7) is 3.15. The van der Waals surface area contributed by atoms with Crippen molar-refractivity contribution in [3.8, 4) is 0 Å². The molecule has 0 unspecified atom stereocenters. The van der Waals surface area contributed by atoms with Crippen LogP contribution in [-0.4, -0.2) is 43.2 Å². The van der Waals surface area contributed by atoms with Crippen molar-refractivity contribution in [2.45, 2.75) is 51.1 Å². The molecule has 4 nitrogen and oxygen atoms in total. The number of hydrogen-bond donors (Lipinski definition) is 1. The molecule has 4 heteroatoms. The second kappa shape index (κ2) is 6.86. The van der Waals surface area contributed by atoms with Gasteiger partial charge in [-0.25, -0.2) is 0 Å². The lowest BCUT2D eigenvalue weighted by atomic mass is 9.91. The minimum Gasteiger partial charge on any atom is -0.381 e. The first kappa shape index (κ1) is 13.5. The van der Waals surface area contributed by atoms with Gasteiger partial charge in [-0.1, -0.05) is 0 Å². The van der Waals surface area contributed by atoms with Gasteiger partial charge in [0.05, 0.1) is 13.0 Å². The van der Waals surface area contributed by atoms with E-state index in [1.54, 1.807) is 0 Å². The van der Waals surface area contributed by atoms with Crippen LogP contribution in [0.5, 0.6) is 0 Å². The summed E-state index contributed by atoms with van der Waals surface area (Å²) in [7, 11) is 1.90. The van der Waals surface area contributed by atoms with E-state index in [1.165, 1.54) is 0 Å². The Kier molecular flexibility index (Phi) is 5.77. The van der Waals surface area contributed by atoms with Gasteiger partial charge in [0.25, 0.3) is 0 Å². The van der Waals surface area contributed by atoms with E-state index in [1.807, 2.05) is 18.9 Å². The molecule has 0 heterocycles. The van der Waals surface area contributed by atoms with Crippen molar-refractivity contribution in [1.29, 1.82) is 0 Å². The lowest BCUT2D eigenvalue weighted by Gasteiger charge is -2.33. The summed E-state index contributed by atoms with van der Waals surface area (Å²) in [6, 6.07) is 0.720. The summed E-state index contributed by atoms with van der Waals surface area (Å²) in [5, 5.41) is 0. The van der Waals surface area contributed by atoms with E-state index < -0.39 is 0 Å². The number of ether oxygens (including phenoxy) is 1. The summed E-state index contributed by atoms with van der Waals surface area (Å²) < 4.78 is 5.19. The van der Waals surface area contributed by atoms with E-state index in [9.17, 15) is 4.79 Å². The van der Waals surface area contributed by atoms with E-state index in [0.29, 0.717) is 31.7 Å². The molecule has 0 aromatic heterocycles. The number of nitrogens with two attached hydrogens (primary N) is 1. The SMILES string of the molecule is CCOCCC(=O)N(C)C1CCC(N)CC1. The Morgan fingerprint density at radius 3 is 2.56 bits per heavy atom. The molecule has 0 saturated heterocycles. The van der Waals surface area contributed by atoms with Gasteiger partial charge in [-0.2, -0.15) is 0 Å². The molecule has 0 bridgehead atoms. The van der Waals surface area contributed by atoms with E-state index >= 15 is 0 Å². The Hall–Kier alpha value is -0.610. The van der Waals surface area contributed by atoms with Crippen LogP contribution in [0.3, 0.4) is 0 Å². The van der Waals surface area contributed by atoms with Crippen LogP contribution in [0.25, 0.3) is 0 Å². The highest BCUT2D eigenvalue weighted by molar-refractivity contribution is 5.76. The Morgan fingerprint density at radius 2 is 2.00 bits per heavy atom. The Balaban J connectivity index is 2.27. The normalized spacial score (nSPS) is 25.4. The largest absolute Gasteiger partial charge is 0.381 e. The van der Waals surface area contributed by atoms with Crippen LogP contribution in [-0.2, 0) is 9.53 Å². The molecule has 94 valence electrons. The summed E-state index contributed by atoms with van der Waals surface area (Å²) in [6.07, 6.45) is 4.64. The molecular formula is C12H24N2O2. The summed E-state index contributed by atoms with van der Waals surface area (Å²) in [5.41, 5.74) is 5.85. The highest BCUT2D eigenvalue weighted by Crippen LogP contribution is 2.21. The molecule has 0 atom stereocenters. The number of carbonyl (C=O) groups is 1. The smallest absolute Gasteiger partial charge is 0.224 e. The van der Waals surface area contributed by atoms with Gasteiger partial charge in [-0.15, -0.1) is 0 Å². The molecule has 0 spiro atoms. The van der Waals surface area contributed by atoms with Crippen molar-refractivity contribution in [3.05, 3.63) is 0 Å². The zero-order chi connectivity index (χ0) is 12.0. The predicted molar refractivity (Wildman–Crippen MR) is 64.1 cm³/mol. The fourth-order valence-electron chi connectivity index (χ4n) is 2.17. The number of amides is 1. The van der Waals surface area contributed by atoms with Crippen molar-refractivity contribution < 1.29 is 9.53 Å². The Labute approximate surface area is 98.1 Å². The van der Waals surface area contributed by atoms with E-state index in [4.69, 9.17) is 10.5 Å². The van der Waals surface area contributed by atoms with E-state index in [2.05, 4.69) is 0 Å². The second-order valence-electron chi connectivity index (χ2n) is 4.52. The fourth-order valence-corrected chi connectivity index (χ4v) is 2.17. The molecule has 0 aromatic rings. The first-order valence-corrected chi connectivity index (χ1v) is 6.24. The minimum absolute atomic E-state index is 0.189. The maximum absolute atomic E-state index is 11.8. The van der Waals surface area contributed by atoms with Crippen LogP contribution in [0, 0.1) is 0 Å². The minimum atomic E-state index is 0.189. The maximum atomic E-state index is 11.8. The van der Waals surface area contributed by atoms with Crippen molar-refractivity contribution in [1.82, 2.24) is 4.90 Å². The van der Waals surface area contributed by atoms with Crippen LogP contribution in [0.2, 0.25) is 0 Å². The van der Waals surface area contributed by atoms with Gasteiger partial charge in [0.1, 0.15) is 0 Å². The van der Waals surface area contributed by atoms with E-state index in [-0.39, 0.29) is 5.91 Å². The summed E-state index contributed by atoms with van der Waals surface area (Å²) in [5.74, 6) is 0.189.